The number of rotatable bonds is 7. The molecule has 0 fully saturated rings. The Bertz CT molecular complexity index is 503. The molecule has 19 heavy (non-hydrogen) atoms. The van der Waals surface area contributed by atoms with Gasteiger partial charge in [-0.25, -0.2) is 15.0 Å². The number of aryl methyl sites for hydroxylation is 1. The van der Waals surface area contributed by atoms with Crippen LogP contribution in [-0.4, -0.2) is 33.2 Å². The first-order valence-corrected chi connectivity index (χ1v) is 6.43. The maximum atomic E-state index is 5.91. The number of anilines is 1. The molecule has 0 atom stereocenters. The van der Waals surface area contributed by atoms with Gasteiger partial charge in [-0.3, -0.25) is 0 Å². The van der Waals surface area contributed by atoms with E-state index in [1.807, 2.05) is 12.5 Å². The van der Waals surface area contributed by atoms with E-state index < -0.39 is 0 Å². The van der Waals surface area contributed by atoms with Gasteiger partial charge in [0.1, 0.15) is 6.33 Å². The molecular formula is C12H16ClN5O. The fourth-order valence-electron chi connectivity index (χ4n) is 1.70. The number of nitrogens with zero attached hydrogens (tertiary/aromatic N) is 4. The van der Waals surface area contributed by atoms with E-state index in [-0.39, 0.29) is 0 Å². The second kappa shape index (κ2) is 6.94. The Morgan fingerprint density at radius 1 is 1.37 bits per heavy atom. The molecule has 7 heteroatoms. The number of aromatic nitrogens is 4. The van der Waals surface area contributed by atoms with E-state index in [0.717, 1.165) is 25.9 Å². The molecule has 2 aromatic heterocycles. The molecule has 0 bridgehead atoms. The molecular weight excluding hydrogens is 266 g/mol. The van der Waals surface area contributed by atoms with Gasteiger partial charge in [0.2, 0.25) is 0 Å². The van der Waals surface area contributed by atoms with Crippen LogP contribution >= 0.6 is 11.6 Å². The summed E-state index contributed by atoms with van der Waals surface area (Å²) in [6, 6.07) is 0. The van der Waals surface area contributed by atoms with Crippen LogP contribution in [0.15, 0.2) is 25.0 Å². The lowest BCUT2D eigenvalue weighted by Crippen LogP contribution is -2.07. The fourth-order valence-corrected chi connectivity index (χ4v) is 1.91. The molecule has 0 saturated heterocycles. The largest absolute Gasteiger partial charge is 0.490 e. The molecule has 0 aliphatic carbocycles. The van der Waals surface area contributed by atoms with E-state index in [0.29, 0.717) is 16.7 Å². The van der Waals surface area contributed by atoms with E-state index >= 15 is 0 Å². The highest BCUT2D eigenvalue weighted by Crippen LogP contribution is 2.28. The molecule has 1 N–H and O–H groups in total. The lowest BCUT2D eigenvalue weighted by Gasteiger charge is -2.10. The maximum Gasteiger partial charge on any atom is 0.198 e. The fraction of sp³-hybridized carbons (Fsp3) is 0.417. The zero-order valence-corrected chi connectivity index (χ0v) is 11.5. The Balaban J connectivity index is 1.75. The number of unbranched alkanes of at least 4 members (excludes halogenated alkanes) is 1. The van der Waals surface area contributed by atoms with Crippen LogP contribution in [0.5, 0.6) is 5.75 Å². The number of ether oxygens (including phenoxy) is 1. The first-order chi connectivity index (χ1) is 9.31. The minimum Gasteiger partial charge on any atom is -0.490 e. The summed E-state index contributed by atoms with van der Waals surface area (Å²) in [5, 5.41) is 3.52. The Morgan fingerprint density at radius 3 is 3.00 bits per heavy atom. The second-order valence-electron chi connectivity index (χ2n) is 3.98. The summed E-state index contributed by atoms with van der Waals surface area (Å²) in [5.41, 5.74) is 0. The lowest BCUT2D eigenvalue weighted by molar-refractivity contribution is 0.413. The van der Waals surface area contributed by atoms with E-state index in [1.165, 1.54) is 6.33 Å². The van der Waals surface area contributed by atoms with Crippen molar-refractivity contribution in [3.05, 3.63) is 30.2 Å². The second-order valence-corrected chi connectivity index (χ2v) is 4.34. The Morgan fingerprint density at radius 2 is 2.26 bits per heavy atom. The molecule has 0 unspecified atom stereocenters. The minimum atomic E-state index is 0.318. The molecule has 6 nitrogen and oxygen atoms in total. The highest BCUT2D eigenvalue weighted by atomic mass is 35.5. The van der Waals surface area contributed by atoms with Crippen LogP contribution in [0.4, 0.5) is 5.82 Å². The standard InChI is InChI=1S/C12H16ClN5O/c1-19-10-11(13)16-8-17-12(10)15-4-2-3-6-18-7-5-14-9-18/h5,7-9H,2-4,6H2,1H3,(H,15,16,17). The quantitative estimate of drug-likeness (QED) is 0.623. The van der Waals surface area contributed by atoms with Crippen LogP contribution in [0.2, 0.25) is 5.15 Å². The first-order valence-electron chi connectivity index (χ1n) is 6.05. The molecule has 102 valence electrons. The van der Waals surface area contributed by atoms with Gasteiger partial charge in [0.05, 0.1) is 13.4 Å². The van der Waals surface area contributed by atoms with Gasteiger partial charge in [-0.2, -0.15) is 0 Å². The summed E-state index contributed by atoms with van der Waals surface area (Å²) in [5.74, 6) is 1.11. The predicted molar refractivity (Wildman–Crippen MR) is 73.5 cm³/mol. The van der Waals surface area contributed by atoms with Crippen molar-refractivity contribution < 1.29 is 4.74 Å². The van der Waals surface area contributed by atoms with E-state index in [1.54, 1.807) is 13.3 Å². The van der Waals surface area contributed by atoms with E-state index in [4.69, 9.17) is 16.3 Å². The van der Waals surface area contributed by atoms with Gasteiger partial charge in [-0.1, -0.05) is 11.6 Å². The van der Waals surface area contributed by atoms with Crippen molar-refractivity contribution in [1.29, 1.82) is 0 Å². The third-order valence-corrected chi connectivity index (χ3v) is 2.93. The van der Waals surface area contributed by atoms with Gasteiger partial charge in [-0.15, -0.1) is 0 Å². The summed E-state index contributed by atoms with van der Waals surface area (Å²) in [7, 11) is 1.55. The number of hydrogen-bond donors (Lipinski definition) is 1. The van der Waals surface area contributed by atoms with Crippen molar-refractivity contribution >= 4 is 17.4 Å². The van der Waals surface area contributed by atoms with Crippen LogP contribution in [0.3, 0.4) is 0 Å². The highest BCUT2D eigenvalue weighted by molar-refractivity contribution is 6.31. The van der Waals surface area contributed by atoms with Gasteiger partial charge < -0.3 is 14.6 Å². The average molecular weight is 282 g/mol. The monoisotopic (exact) mass is 281 g/mol. The summed E-state index contributed by atoms with van der Waals surface area (Å²) in [6.07, 6.45) is 9.05. The van der Waals surface area contributed by atoms with Gasteiger partial charge in [0.25, 0.3) is 0 Å². The maximum absolute atomic E-state index is 5.91. The third-order valence-electron chi connectivity index (χ3n) is 2.66. The van der Waals surface area contributed by atoms with Crippen LogP contribution < -0.4 is 10.1 Å². The molecule has 0 aromatic carbocycles. The predicted octanol–water partition coefficient (Wildman–Crippen LogP) is 2.23. The van der Waals surface area contributed by atoms with E-state index in [2.05, 4.69) is 24.8 Å². The molecule has 0 saturated carbocycles. The third kappa shape index (κ3) is 3.82. The summed E-state index contributed by atoms with van der Waals surface area (Å²) in [4.78, 5) is 12.0. The Kier molecular flexibility index (Phi) is 4.97. The summed E-state index contributed by atoms with van der Waals surface area (Å²) < 4.78 is 7.22. The normalized spacial score (nSPS) is 10.4. The zero-order valence-electron chi connectivity index (χ0n) is 10.7. The zero-order chi connectivity index (χ0) is 13.5. The van der Waals surface area contributed by atoms with Crippen LogP contribution in [0.1, 0.15) is 12.8 Å². The molecule has 0 radical (unpaired) electrons. The van der Waals surface area contributed by atoms with Crippen LogP contribution in [-0.2, 0) is 6.54 Å². The van der Waals surface area contributed by atoms with Crippen molar-refractivity contribution in [1.82, 2.24) is 19.5 Å². The molecule has 0 amide bonds. The number of nitrogens with one attached hydrogen (secondary N) is 1. The molecule has 2 aromatic rings. The van der Waals surface area contributed by atoms with Crippen LogP contribution in [0, 0.1) is 0 Å². The van der Waals surface area contributed by atoms with Gasteiger partial charge in [-0.05, 0) is 12.8 Å². The Hall–Kier alpha value is -1.82. The number of halogens is 1. The minimum absolute atomic E-state index is 0.318. The van der Waals surface area contributed by atoms with Gasteiger partial charge >= 0.3 is 0 Å². The van der Waals surface area contributed by atoms with Gasteiger partial charge in [0.15, 0.2) is 16.7 Å². The van der Waals surface area contributed by atoms with Crippen molar-refractivity contribution in [3.63, 3.8) is 0 Å². The van der Waals surface area contributed by atoms with Crippen molar-refractivity contribution in [2.75, 3.05) is 19.0 Å². The number of hydrogen-bond acceptors (Lipinski definition) is 5. The summed E-state index contributed by atoms with van der Waals surface area (Å²) in [6.45, 7) is 1.77. The molecule has 2 heterocycles. The molecule has 0 aliphatic rings. The lowest BCUT2D eigenvalue weighted by atomic mass is 10.3. The Labute approximate surface area is 116 Å². The van der Waals surface area contributed by atoms with Crippen molar-refractivity contribution in [3.8, 4) is 5.75 Å². The van der Waals surface area contributed by atoms with Gasteiger partial charge in [0, 0.05) is 25.5 Å². The highest BCUT2D eigenvalue weighted by Gasteiger charge is 2.09. The molecule has 0 aliphatic heterocycles. The van der Waals surface area contributed by atoms with Crippen LogP contribution in [0.25, 0.3) is 0 Å². The van der Waals surface area contributed by atoms with E-state index in [9.17, 15) is 0 Å². The average Bonchev–Trinajstić information content (AvgIpc) is 2.92. The first kappa shape index (κ1) is 13.6. The SMILES string of the molecule is COc1c(Cl)ncnc1NCCCCn1ccnc1. The molecule has 0 spiro atoms. The molecule has 2 rings (SSSR count). The number of imidazole rings is 1. The van der Waals surface area contributed by atoms with Crippen molar-refractivity contribution in [2.24, 2.45) is 0 Å². The van der Waals surface area contributed by atoms with Crippen molar-refractivity contribution in [2.45, 2.75) is 19.4 Å². The number of methoxy groups -OCH3 is 1. The summed E-state index contributed by atoms with van der Waals surface area (Å²) >= 11 is 5.91. The smallest absolute Gasteiger partial charge is 0.198 e. The topological polar surface area (TPSA) is 64.9 Å².